The van der Waals surface area contributed by atoms with Crippen LogP contribution >= 0.6 is 0 Å². The van der Waals surface area contributed by atoms with Gasteiger partial charge in [-0.05, 0) is 6.07 Å². The number of carboxylic acid groups (broad SMARTS) is 1. The molecule has 0 radical (unpaired) electrons. The summed E-state index contributed by atoms with van der Waals surface area (Å²) in [6.45, 7) is 0.776. The lowest BCUT2D eigenvalue weighted by atomic mass is 10.3. The number of aryl methyl sites for hydroxylation is 1. The zero-order valence-corrected chi connectivity index (χ0v) is 9.34. The van der Waals surface area contributed by atoms with E-state index in [4.69, 9.17) is 5.11 Å². The Kier molecular flexibility index (Phi) is 3.01. The maximum atomic E-state index is 10.8. The van der Waals surface area contributed by atoms with Crippen LogP contribution in [0.2, 0.25) is 0 Å². The Hall–Kier alpha value is -2.02. The Morgan fingerprint density at radius 1 is 1.71 bits per heavy atom. The lowest BCUT2D eigenvalue weighted by Crippen LogP contribution is -2.42. The van der Waals surface area contributed by atoms with Crippen LogP contribution in [0.5, 0.6) is 0 Å². The SMILES string of the molecule is Cn1cc(NC2=NCC(O)CN2)cc1C(=O)O. The number of aliphatic hydroxyl groups excluding tert-OH is 1. The maximum Gasteiger partial charge on any atom is 0.352 e. The molecule has 1 aromatic heterocycles. The van der Waals surface area contributed by atoms with Gasteiger partial charge in [-0.15, -0.1) is 0 Å². The maximum absolute atomic E-state index is 10.8. The van der Waals surface area contributed by atoms with Gasteiger partial charge in [0, 0.05) is 19.8 Å². The van der Waals surface area contributed by atoms with E-state index < -0.39 is 12.1 Å². The topological polar surface area (TPSA) is 98.9 Å². The van der Waals surface area contributed by atoms with Crippen molar-refractivity contribution in [2.24, 2.45) is 12.0 Å². The first kappa shape index (κ1) is 11.5. The largest absolute Gasteiger partial charge is 0.477 e. The third-order valence-electron chi connectivity index (χ3n) is 2.45. The van der Waals surface area contributed by atoms with Gasteiger partial charge in [-0.25, -0.2) is 4.79 Å². The number of carboxylic acids is 1. The minimum absolute atomic E-state index is 0.198. The summed E-state index contributed by atoms with van der Waals surface area (Å²) >= 11 is 0. The lowest BCUT2D eigenvalue weighted by molar-refractivity contribution is 0.0686. The van der Waals surface area contributed by atoms with Crippen LogP contribution < -0.4 is 10.6 Å². The normalized spacial score (nSPS) is 19.4. The molecule has 1 aromatic rings. The minimum atomic E-state index is -0.977. The number of β-amino-alcohol motifs (C(OH)–C–C–N with tert-alkyl or cyclic N) is 1. The van der Waals surface area contributed by atoms with Gasteiger partial charge in [0.2, 0.25) is 0 Å². The van der Waals surface area contributed by atoms with Crippen LogP contribution in [0.1, 0.15) is 10.5 Å². The van der Waals surface area contributed by atoms with Crippen molar-refractivity contribution in [1.29, 1.82) is 0 Å². The van der Waals surface area contributed by atoms with Gasteiger partial charge in [0.1, 0.15) is 5.69 Å². The van der Waals surface area contributed by atoms with Gasteiger partial charge >= 0.3 is 5.97 Å². The predicted octanol–water partition coefficient (Wildman–Crippen LogP) is -0.545. The van der Waals surface area contributed by atoms with Crippen molar-refractivity contribution in [2.75, 3.05) is 18.4 Å². The van der Waals surface area contributed by atoms with Crippen molar-refractivity contribution >= 4 is 17.6 Å². The zero-order chi connectivity index (χ0) is 12.4. The molecule has 0 bridgehead atoms. The molecule has 0 aliphatic carbocycles. The highest BCUT2D eigenvalue weighted by molar-refractivity contribution is 5.95. The summed E-state index contributed by atoms with van der Waals surface area (Å²) in [5, 5.41) is 24.0. The fourth-order valence-corrected chi connectivity index (χ4v) is 1.60. The van der Waals surface area contributed by atoms with Gasteiger partial charge in [0.05, 0.1) is 18.3 Å². The molecule has 1 aliphatic heterocycles. The number of nitrogens with zero attached hydrogens (tertiary/aromatic N) is 2. The van der Waals surface area contributed by atoms with Crippen molar-refractivity contribution in [1.82, 2.24) is 9.88 Å². The summed E-state index contributed by atoms with van der Waals surface area (Å²) in [5.74, 6) is -0.438. The van der Waals surface area contributed by atoms with Crippen molar-refractivity contribution in [3.63, 3.8) is 0 Å². The number of hydrogen-bond donors (Lipinski definition) is 4. The molecular weight excluding hydrogens is 224 g/mol. The number of carbonyl (C=O) groups is 1. The van der Waals surface area contributed by atoms with E-state index in [-0.39, 0.29) is 5.69 Å². The average Bonchev–Trinajstić information content (AvgIpc) is 2.63. The number of guanidine groups is 1. The number of hydrogen-bond acceptors (Lipinski definition) is 5. The molecule has 0 saturated carbocycles. The van der Waals surface area contributed by atoms with Crippen LogP contribution in [0.4, 0.5) is 5.69 Å². The first-order valence-corrected chi connectivity index (χ1v) is 5.19. The molecular formula is C10H14N4O3. The van der Waals surface area contributed by atoms with E-state index in [9.17, 15) is 9.90 Å². The number of aromatic carboxylic acids is 1. The molecule has 1 aliphatic rings. The third-order valence-corrected chi connectivity index (χ3v) is 2.45. The molecule has 7 nitrogen and oxygen atoms in total. The molecule has 4 N–H and O–H groups in total. The highest BCUT2D eigenvalue weighted by Crippen LogP contribution is 2.12. The van der Waals surface area contributed by atoms with Gasteiger partial charge in [-0.1, -0.05) is 0 Å². The lowest BCUT2D eigenvalue weighted by Gasteiger charge is -2.19. The van der Waals surface area contributed by atoms with Gasteiger partial charge in [0.25, 0.3) is 0 Å². The average molecular weight is 238 g/mol. The van der Waals surface area contributed by atoms with Crippen LogP contribution in [0.15, 0.2) is 17.3 Å². The summed E-state index contributed by atoms with van der Waals surface area (Å²) in [4.78, 5) is 14.9. The molecule has 0 spiro atoms. The molecule has 0 fully saturated rings. The molecule has 1 unspecified atom stereocenters. The summed E-state index contributed by atoms with van der Waals surface area (Å²) in [7, 11) is 1.66. The van der Waals surface area contributed by atoms with E-state index in [1.54, 1.807) is 13.2 Å². The second-order valence-electron chi connectivity index (χ2n) is 3.88. The number of aliphatic hydroxyl groups is 1. The van der Waals surface area contributed by atoms with Crippen molar-refractivity contribution in [3.8, 4) is 0 Å². The van der Waals surface area contributed by atoms with Gasteiger partial charge < -0.3 is 25.4 Å². The van der Waals surface area contributed by atoms with E-state index in [1.165, 1.54) is 10.6 Å². The Labute approximate surface area is 97.8 Å². The molecule has 2 rings (SSSR count). The van der Waals surface area contributed by atoms with Gasteiger partial charge in [0.15, 0.2) is 5.96 Å². The monoisotopic (exact) mass is 238 g/mol. The fourth-order valence-electron chi connectivity index (χ4n) is 1.60. The van der Waals surface area contributed by atoms with Crippen LogP contribution in [0.25, 0.3) is 0 Å². The molecule has 17 heavy (non-hydrogen) atoms. The van der Waals surface area contributed by atoms with Crippen LogP contribution in [0, 0.1) is 0 Å². The smallest absolute Gasteiger partial charge is 0.352 e. The predicted molar refractivity (Wildman–Crippen MR) is 62.3 cm³/mol. The zero-order valence-electron chi connectivity index (χ0n) is 9.34. The molecule has 2 heterocycles. The van der Waals surface area contributed by atoms with Crippen LogP contribution in [-0.2, 0) is 7.05 Å². The minimum Gasteiger partial charge on any atom is -0.477 e. The van der Waals surface area contributed by atoms with Crippen molar-refractivity contribution in [2.45, 2.75) is 6.10 Å². The van der Waals surface area contributed by atoms with E-state index >= 15 is 0 Å². The number of nitrogens with one attached hydrogen (secondary N) is 2. The van der Waals surface area contributed by atoms with Gasteiger partial charge in [-0.3, -0.25) is 4.99 Å². The second kappa shape index (κ2) is 4.46. The molecule has 0 amide bonds. The first-order valence-electron chi connectivity index (χ1n) is 5.19. The van der Waals surface area contributed by atoms with Gasteiger partial charge in [-0.2, -0.15) is 0 Å². The first-order chi connectivity index (χ1) is 8.06. The summed E-state index contributed by atoms with van der Waals surface area (Å²) in [6, 6.07) is 1.53. The van der Waals surface area contributed by atoms with Crippen LogP contribution in [-0.4, -0.2) is 45.9 Å². The molecule has 0 aromatic carbocycles. The number of aliphatic imine (C=N–C) groups is 1. The van der Waals surface area contributed by atoms with Crippen molar-refractivity contribution in [3.05, 3.63) is 18.0 Å². The number of aromatic nitrogens is 1. The summed E-state index contributed by atoms with van der Waals surface area (Å²) < 4.78 is 1.52. The third kappa shape index (κ3) is 2.56. The standard InChI is InChI=1S/C10H14N4O3/c1-14-5-6(2-8(14)9(16)17)13-10-11-3-7(15)4-12-10/h2,5,7,15H,3-4H2,1H3,(H,16,17)(H2,11,12,13). The molecule has 1 atom stereocenters. The van der Waals surface area contributed by atoms with E-state index in [1.807, 2.05) is 0 Å². The van der Waals surface area contributed by atoms with E-state index in [0.717, 1.165) is 0 Å². The van der Waals surface area contributed by atoms with E-state index in [2.05, 4.69) is 15.6 Å². The fraction of sp³-hybridized carbons (Fsp3) is 0.400. The Morgan fingerprint density at radius 2 is 2.47 bits per heavy atom. The Balaban J connectivity index is 2.09. The van der Waals surface area contributed by atoms with Crippen molar-refractivity contribution < 1.29 is 15.0 Å². The summed E-state index contributed by atoms with van der Waals surface area (Å²) in [6.07, 6.45) is 1.20. The highest BCUT2D eigenvalue weighted by Gasteiger charge is 2.14. The molecule has 92 valence electrons. The second-order valence-corrected chi connectivity index (χ2v) is 3.88. The Morgan fingerprint density at radius 3 is 3.00 bits per heavy atom. The highest BCUT2D eigenvalue weighted by atomic mass is 16.4. The van der Waals surface area contributed by atoms with Crippen LogP contribution in [0.3, 0.4) is 0 Å². The summed E-state index contributed by atoms with van der Waals surface area (Å²) in [5.41, 5.74) is 0.844. The number of rotatable bonds is 2. The molecule has 0 saturated heterocycles. The quantitative estimate of drug-likeness (QED) is 0.554. The van der Waals surface area contributed by atoms with E-state index in [0.29, 0.717) is 24.7 Å². The Bertz CT molecular complexity index is 466. The number of anilines is 1. The molecule has 7 heteroatoms.